The van der Waals surface area contributed by atoms with E-state index >= 15 is 0 Å². The van der Waals surface area contributed by atoms with E-state index in [-0.39, 0.29) is 0 Å². The van der Waals surface area contributed by atoms with Crippen LogP contribution < -0.4 is 10.6 Å². The fourth-order valence-corrected chi connectivity index (χ4v) is 2.64. The average Bonchev–Trinajstić information content (AvgIpc) is 2.94. The molecule has 0 unspecified atom stereocenters. The smallest absolute Gasteiger partial charge is 0.140 e. The fourth-order valence-electron chi connectivity index (χ4n) is 2.64. The molecule has 0 bridgehead atoms. The number of benzene rings is 1. The Labute approximate surface area is 108 Å². The van der Waals surface area contributed by atoms with Gasteiger partial charge in [-0.05, 0) is 25.0 Å². The Kier molecular flexibility index (Phi) is 4.45. The molecule has 0 amide bonds. The summed E-state index contributed by atoms with van der Waals surface area (Å²) < 4.78 is 0. The minimum Gasteiger partial charge on any atom is -0.409 e. The highest BCUT2D eigenvalue weighted by Gasteiger charge is 2.22. The summed E-state index contributed by atoms with van der Waals surface area (Å²) >= 11 is 0. The van der Waals surface area contributed by atoms with Gasteiger partial charge in [-0.2, -0.15) is 0 Å². The van der Waals surface area contributed by atoms with Gasteiger partial charge in [0, 0.05) is 24.7 Å². The van der Waals surface area contributed by atoms with Crippen molar-refractivity contribution in [2.75, 3.05) is 11.4 Å². The van der Waals surface area contributed by atoms with Gasteiger partial charge in [0.25, 0.3) is 0 Å². The number of anilines is 1. The van der Waals surface area contributed by atoms with Crippen LogP contribution in [0.25, 0.3) is 0 Å². The Bertz CT molecular complexity index is 385. The van der Waals surface area contributed by atoms with Crippen LogP contribution in [0.15, 0.2) is 35.5 Å². The van der Waals surface area contributed by atoms with Crippen LogP contribution in [-0.2, 0) is 0 Å². The maximum atomic E-state index is 8.63. The molecule has 1 aromatic carbocycles. The second kappa shape index (κ2) is 6.28. The van der Waals surface area contributed by atoms with E-state index in [1.165, 1.54) is 31.4 Å². The van der Waals surface area contributed by atoms with Crippen LogP contribution in [0.2, 0.25) is 0 Å². The fraction of sp³-hybridized carbons (Fsp3) is 0.500. The zero-order chi connectivity index (χ0) is 12.8. The number of para-hydroxylation sites is 1. The molecule has 4 nitrogen and oxygen atoms in total. The average molecular weight is 247 g/mol. The molecular formula is C14H21N3O. The van der Waals surface area contributed by atoms with Crippen LogP contribution in [0.1, 0.15) is 32.1 Å². The highest BCUT2D eigenvalue weighted by Crippen LogP contribution is 2.28. The van der Waals surface area contributed by atoms with Crippen molar-refractivity contribution < 1.29 is 5.21 Å². The number of oxime groups is 1. The standard InChI is InChI=1S/C14H21N3O/c15-14(16-18)10-11-17(13-8-4-5-9-13)12-6-2-1-3-7-12/h1-3,6-7,13,18H,4-5,8-11H2,(H2,15,16). The third-order valence-electron chi connectivity index (χ3n) is 3.59. The van der Waals surface area contributed by atoms with Crippen molar-refractivity contribution in [3.05, 3.63) is 30.3 Å². The molecule has 0 heterocycles. The maximum Gasteiger partial charge on any atom is 0.140 e. The lowest BCUT2D eigenvalue weighted by Crippen LogP contribution is -2.36. The Hall–Kier alpha value is -1.71. The summed E-state index contributed by atoms with van der Waals surface area (Å²) in [5.74, 6) is 0.300. The van der Waals surface area contributed by atoms with Crippen LogP contribution in [0.4, 0.5) is 5.69 Å². The quantitative estimate of drug-likeness (QED) is 0.364. The van der Waals surface area contributed by atoms with Crippen LogP contribution in [-0.4, -0.2) is 23.6 Å². The van der Waals surface area contributed by atoms with Crippen LogP contribution in [0.3, 0.4) is 0 Å². The number of nitrogens with two attached hydrogens (primary N) is 1. The van der Waals surface area contributed by atoms with Crippen molar-refractivity contribution in [3.63, 3.8) is 0 Å². The van der Waals surface area contributed by atoms with Crippen molar-refractivity contribution >= 4 is 11.5 Å². The predicted octanol–water partition coefficient (Wildman–Crippen LogP) is 2.57. The van der Waals surface area contributed by atoms with E-state index < -0.39 is 0 Å². The van der Waals surface area contributed by atoms with E-state index in [0.29, 0.717) is 18.3 Å². The Morgan fingerprint density at radius 3 is 2.56 bits per heavy atom. The van der Waals surface area contributed by atoms with Gasteiger partial charge in [-0.15, -0.1) is 0 Å². The minimum atomic E-state index is 0.300. The summed E-state index contributed by atoms with van der Waals surface area (Å²) in [7, 11) is 0. The van der Waals surface area contributed by atoms with Crippen LogP contribution in [0, 0.1) is 0 Å². The number of rotatable bonds is 5. The summed E-state index contributed by atoms with van der Waals surface area (Å²) in [4.78, 5) is 2.39. The Balaban J connectivity index is 2.07. The van der Waals surface area contributed by atoms with Crippen LogP contribution in [0.5, 0.6) is 0 Å². The molecule has 0 radical (unpaired) electrons. The molecule has 2 rings (SSSR count). The molecule has 4 heteroatoms. The molecule has 0 aromatic heterocycles. The lowest BCUT2D eigenvalue weighted by Gasteiger charge is -2.31. The molecule has 0 spiro atoms. The Morgan fingerprint density at radius 1 is 1.28 bits per heavy atom. The first-order valence-corrected chi connectivity index (χ1v) is 6.59. The predicted molar refractivity (Wildman–Crippen MR) is 74.1 cm³/mol. The highest BCUT2D eigenvalue weighted by atomic mass is 16.4. The van der Waals surface area contributed by atoms with E-state index in [1.54, 1.807) is 0 Å². The van der Waals surface area contributed by atoms with Gasteiger partial charge in [0.1, 0.15) is 5.84 Å². The monoisotopic (exact) mass is 247 g/mol. The molecule has 1 fully saturated rings. The Morgan fingerprint density at radius 2 is 1.94 bits per heavy atom. The van der Waals surface area contributed by atoms with Crippen molar-refractivity contribution in [2.24, 2.45) is 10.9 Å². The summed E-state index contributed by atoms with van der Waals surface area (Å²) in [6, 6.07) is 11.0. The molecule has 3 N–H and O–H groups in total. The number of hydrogen-bond acceptors (Lipinski definition) is 3. The maximum absolute atomic E-state index is 8.63. The van der Waals surface area contributed by atoms with E-state index in [2.05, 4.69) is 34.3 Å². The van der Waals surface area contributed by atoms with Crippen molar-refractivity contribution in [3.8, 4) is 0 Å². The van der Waals surface area contributed by atoms with Crippen molar-refractivity contribution in [1.82, 2.24) is 0 Å². The number of hydrogen-bond donors (Lipinski definition) is 2. The molecular weight excluding hydrogens is 226 g/mol. The van der Waals surface area contributed by atoms with Gasteiger partial charge in [-0.3, -0.25) is 0 Å². The zero-order valence-corrected chi connectivity index (χ0v) is 10.6. The van der Waals surface area contributed by atoms with E-state index in [0.717, 1.165) is 6.54 Å². The number of amidine groups is 1. The molecule has 0 atom stereocenters. The molecule has 0 aliphatic heterocycles. The number of nitrogens with zero attached hydrogens (tertiary/aromatic N) is 2. The van der Waals surface area contributed by atoms with Gasteiger partial charge >= 0.3 is 0 Å². The SMILES string of the molecule is N/C(CCN(c1ccccc1)C1CCCC1)=N\O. The lowest BCUT2D eigenvalue weighted by atomic mass is 10.1. The molecule has 1 aliphatic rings. The van der Waals surface area contributed by atoms with Crippen molar-refractivity contribution in [1.29, 1.82) is 0 Å². The zero-order valence-electron chi connectivity index (χ0n) is 10.6. The van der Waals surface area contributed by atoms with Gasteiger partial charge in [0.05, 0.1) is 0 Å². The normalized spacial score (nSPS) is 17.0. The van der Waals surface area contributed by atoms with Gasteiger partial charge in [-0.25, -0.2) is 0 Å². The summed E-state index contributed by atoms with van der Waals surface area (Å²) in [5, 5.41) is 11.7. The lowest BCUT2D eigenvalue weighted by molar-refractivity contribution is 0.317. The van der Waals surface area contributed by atoms with E-state index in [1.807, 2.05) is 6.07 Å². The first-order chi connectivity index (χ1) is 8.81. The largest absolute Gasteiger partial charge is 0.409 e. The van der Waals surface area contributed by atoms with Gasteiger partial charge in [0.15, 0.2) is 0 Å². The third kappa shape index (κ3) is 3.15. The summed E-state index contributed by atoms with van der Waals surface area (Å²) in [6.45, 7) is 0.810. The van der Waals surface area contributed by atoms with Gasteiger partial charge in [-0.1, -0.05) is 36.2 Å². The second-order valence-electron chi connectivity index (χ2n) is 4.81. The molecule has 0 saturated heterocycles. The highest BCUT2D eigenvalue weighted by molar-refractivity contribution is 5.80. The summed E-state index contributed by atoms with van der Waals surface area (Å²) in [5.41, 5.74) is 6.80. The molecule has 1 aliphatic carbocycles. The molecule has 18 heavy (non-hydrogen) atoms. The summed E-state index contributed by atoms with van der Waals surface area (Å²) in [6.07, 6.45) is 5.69. The minimum absolute atomic E-state index is 0.300. The van der Waals surface area contributed by atoms with Gasteiger partial charge < -0.3 is 15.8 Å². The van der Waals surface area contributed by atoms with Crippen molar-refractivity contribution in [2.45, 2.75) is 38.1 Å². The van der Waals surface area contributed by atoms with E-state index in [9.17, 15) is 0 Å². The first kappa shape index (κ1) is 12.7. The molecule has 98 valence electrons. The first-order valence-electron chi connectivity index (χ1n) is 6.59. The molecule has 1 aromatic rings. The van der Waals surface area contributed by atoms with Crippen LogP contribution >= 0.6 is 0 Å². The third-order valence-corrected chi connectivity index (χ3v) is 3.59. The topological polar surface area (TPSA) is 61.8 Å². The van der Waals surface area contributed by atoms with E-state index in [4.69, 9.17) is 10.9 Å². The second-order valence-corrected chi connectivity index (χ2v) is 4.81. The molecule has 1 saturated carbocycles. The van der Waals surface area contributed by atoms with Gasteiger partial charge in [0.2, 0.25) is 0 Å².